The molecule has 4 aromatic rings. The van der Waals surface area contributed by atoms with Gasteiger partial charge in [-0.2, -0.15) is 0 Å². The lowest BCUT2D eigenvalue weighted by molar-refractivity contribution is 0.202. The highest BCUT2D eigenvalue weighted by atomic mass is 16.5. The van der Waals surface area contributed by atoms with Gasteiger partial charge in [0, 0.05) is 56.6 Å². The Hall–Kier alpha value is -3.15. The number of hydrogen-bond acceptors (Lipinski definition) is 5. The molecule has 0 spiro atoms. The fraction of sp³-hybridized carbons (Fsp3) is 0.321. The van der Waals surface area contributed by atoms with Crippen LogP contribution in [0.5, 0.6) is 0 Å². The highest BCUT2D eigenvalue weighted by Crippen LogP contribution is 2.28. The molecule has 0 radical (unpaired) electrons. The third kappa shape index (κ3) is 5.10. The second-order valence-corrected chi connectivity index (χ2v) is 9.11. The fourth-order valence-electron chi connectivity index (χ4n) is 4.61. The molecule has 0 unspecified atom stereocenters. The zero-order valence-electron chi connectivity index (χ0n) is 19.6. The topological polar surface area (TPSA) is 35.8 Å². The second kappa shape index (κ2) is 9.77. The van der Waals surface area contributed by atoms with Crippen LogP contribution in [0.25, 0.3) is 22.0 Å². The molecule has 3 aromatic carbocycles. The number of nitrogens with zero attached hydrogens (tertiary/aromatic N) is 4. The molecule has 0 bridgehead atoms. The molecule has 5 rings (SSSR count). The van der Waals surface area contributed by atoms with Crippen LogP contribution in [-0.2, 0) is 6.54 Å². The largest absolute Gasteiger partial charge is 0.369 e. The highest BCUT2D eigenvalue weighted by molar-refractivity contribution is 5.95. The Balaban J connectivity index is 1.12. The Labute approximate surface area is 196 Å². The van der Waals surface area contributed by atoms with Crippen LogP contribution >= 0.6 is 0 Å². The van der Waals surface area contributed by atoms with Crippen LogP contribution in [0.15, 0.2) is 77.3 Å². The number of aromatic nitrogens is 1. The summed E-state index contributed by atoms with van der Waals surface area (Å²) in [4.78, 5) is 7.37. The van der Waals surface area contributed by atoms with Crippen LogP contribution in [0.4, 0.5) is 5.69 Å². The summed E-state index contributed by atoms with van der Waals surface area (Å²) in [5.74, 6) is 0.907. The summed E-state index contributed by atoms with van der Waals surface area (Å²) in [5.41, 5.74) is 4.68. The highest BCUT2D eigenvalue weighted by Gasteiger charge is 2.18. The summed E-state index contributed by atoms with van der Waals surface area (Å²) in [5, 5.41) is 6.79. The van der Waals surface area contributed by atoms with E-state index in [4.69, 9.17) is 4.52 Å². The van der Waals surface area contributed by atoms with Crippen molar-refractivity contribution in [3.63, 3.8) is 0 Å². The van der Waals surface area contributed by atoms with E-state index in [-0.39, 0.29) is 0 Å². The summed E-state index contributed by atoms with van der Waals surface area (Å²) in [7, 11) is 2.16. The summed E-state index contributed by atoms with van der Waals surface area (Å²) < 4.78 is 5.69. The summed E-state index contributed by atoms with van der Waals surface area (Å²) >= 11 is 0. The average Bonchev–Trinajstić information content (AvgIpc) is 3.31. The van der Waals surface area contributed by atoms with Gasteiger partial charge in [0.25, 0.3) is 0 Å². The van der Waals surface area contributed by atoms with Crippen LogP contribution in [0.1, 0.15) is 11.3 Å². The lowest BCUT2D eigenvalue weighted by Crippen LogP contribution is -2.48. The minimum Gasteiger partial charge on any atom is -0.369 e. The molecule has 2 heterocycles. The molecule has 1 saturated heterocycles. The van der Waals surface area contributed by atoms with E-state index in [1.165, 1.54) is 22.0 Å². The van der Waals surface area contributed by atoms with E-state index in [0.717, 1.165) is 62.8 Å². The molecular formula is C28H32N4O. The molecule has 1 fully saturated rings. The maximum absolute atomic E-state index is 5.69. The maximum atomic E-state index is 5.69. The Kier molecular flexibility index (Phi) is 6.42. The predicted molar refractivity (Wildman–Crippen MR) is 136 cm³/mol. The van der Waals surface area contributed by atoms with Crippen molar-refractivity contribution < 1.29 is 4.52 Å². The van der Waals surface area contributed by atoms with E-state index >= 15 is 0 Å². The van der Waals surface area contributed by atoms with Gasteiger partial charge in [-0.15, -0.1) is 0 Å². The molecule has 5 heteroatoms. The minimum absolute atomic E-state index is 0.765. The first kappa shape index (κ1) is 21.7. The number of benzene rings is 3. The van der Waals surface area contributed by atoms with Crippen LogP contribution < -0.4 is 4.90 Å². The first-order valence-electron chi connectivity index (χ1n) is 11.8. The van der Waals surface area contributed by atoms with E-state index in [9.17, 15) is 0 Å². The SMILES string of the molecule is Cc1ccc(N2CCN(CCN(C)Cc3cc(-c4cccc5ccccc45)no3)CC2)cc1. The third-order valence-corrected chi connectivity index (χ3v) is 6.62. The Morgan fingerprint density at radius 3 is 2.48 bits per heavy atom. The molecule has 5 nitrogen and oxygen atoms in total. The van der Waals surface area contributed by atoms with Gasteiger partial charge in [0.05, 0.1) is 6.54 Å². The molecule has 33 heavy (non-hydrogen) atoms. The van der Waals surface area contributed by atoms with Gasteiger partial charge in [-0.3, -0.25) is 9.80 Å². The predicted octanol–water partition coefficient (Wildman–Crippen LogP) is 5.06. The molecular weight excluding hydrogens is 408 g/mol. The van der Waals surface area contributed by atoms with E-state index < -0.39 is 0 Å². The lowest BCUT2D eigenvalue weighted by atomic mass is 10.0. The van der Waals surface area contributed by atoms with Crippen molar-refractivity contribution in [2.75, 3.05) is 51.2 Å². The van der Waals surface area contributed by atoms with Crippen molar-refractivity contribution in [1.29, 1.82) is 0 Å². The van der Waals surface area contributed by atoms with Crippen LogP contribution in [-0.4, -0.2) is 61.3 Å². The van der Waals surface area contributed by atoms with Gasteiger partial charge in [-0.05, 0) is 36.9 Å². The van der Waals surface area contributed by atoms with Gasteiger partial charge in [-0.25, -0.2) is 0 Å². The van der Waals surface area contributed by atoms with Crippen molar-refractivity contribution >= 4 is 16.5 Å². The lowest BCUT2D eigenvalue weighted by Gasteiger charge is -2.36. The second-order valence-electron chi connectivity index (χ2n) is 9.11. The Morgan fingerprint density at radius 1 is 0.909 bits per heavy atom. The molecule has 0 saturated carbocycles. The first-order valence-corrected chi connectivity index (χ1v) is 11.8. The zero-order chi connectivity index (χ0) is 22.6. The van der Waals surface area contributed by atoms with Gasteiger partial charge >= 0.3 is 0 Å². The smallest absolute Gasteiger partial charge is 0.151 e. The molecule has 170 valence electrons. The van der Waals surface area contributed by atoms with E-state index in [0.29, 0.717) is 0 Å². The van der Waals surface area contributed by atoms with Gasteiger partial charge in [-0.1, -0.05) is 65.3 Å². The normalized spacial score (nSPS) is 14.9. The fourth-order valence-corrected chi connectivity index (χ4v) is 4.61. The van der Waals surface area contributed by atoms with Crippen molar-refractivity contribution in [3.8, 4) is 11.3 Å². The zero-order valence-corrected chi connectivity index (χ0v) is 19.6. The van der Waals surface area contributed by atoms with Crippen LogP contribution in [0.3, 0.4) is 0 Å². The van der Waals surface area contributed by atoms with Gasteiger partial charge in [0.2, 0.25) is 0 Å². The quantitative estimate of drug-likeness (QED) is 0.402. The van der Waals surface area contributed by atoms with Gasteiger partial charge in [0.15, 0.2) is 5.76 Å². The number of anilines is 1. The number of piperazine rings is 1. The van der Waals surface area contributed by atoms with Crippen LogP contribution in [0, 0.1) is 6.92 Å². The Bertz CT molecular complexity index is 1190. The average molecular weight is 441 g/mol. The van der Waals surface area contributed by atoms with Crippen molar-refractivity contribution in [3.05, 3.63) is 84.1 Å². The standard InChI is InChI=1S/C28H32N4O/c1-22-10-12-24(13-11-22)32-18-16-31(17-19-32)15-14-30(2)21-25-20-28(29-33-25)27-9-5-7-23-6-3-4-8-26(23)27/h3-13,20H,14-19,21H2,1-2H3. The Morgan fingerprint density at radius 2 is 1.67 bits per heavy atom. The number of hydrogen-bond donors (Lipinski definition) is 0. The third-order valence-electron chi connectivity index (χ3n) is 6.62. The molecule has 1 aliphatic rings. The summed E-state index contributed by atoms with van der Waals surface area (Å²) in [6, 6.07) is 25.7. The minimum atomic E-state index is 0.765. The number of likely N-dealkylation sites (N-methyl/N-ethyl adjacent to an activating group) is 1. The monoisotopic (exact) mass is 440 g/mol. The molecule has 1 aromatic heterocycles. The van der Waals surface area contributed by atoms with E-state index in [1.807, 2.05) is 0 Å². The number of fused-ring (bicyclic) bond motifs is 1. The number of rotatable bonds is 7. The van der Waals surface area contributed by atoms with E-state index in [2.05, 4.69) is 107 Å². The molecule has 0 amide bonds. The number of aryl methyl sites for hydroxylation is 1. The summed E-state index contributed by atoms with van der Waals surface area (Å²) in [6.45, 7) is 9.37. The molecule has 0 atom stereocenters. The first-order chi connectivity index (χ1) is 16.2. The van der Waals surface area contributed by atoms with E-state index in [1.54, 1.807) is 0 Å². The summed E-state index contributed by atoms with van der Waals surface area (Å²) in [6.07, 6.45) is 0. The molecule has 0 aliphatic carbocycles. The van der Waals surface area contributed by atoms with Crippen molar-refractivity contribution in [2.24, 2.45) is 0 Å². The molecule has 0 N–H and O–H groups in total. The maximum Gasteiger partial charge on any atom is 0.151 e. The van der Waals surface area contributed by atoms with Gasteiger partial charge < -0.3 is 9.42 Å². The van der Waals surface area contributed by atoms with Crippen LogP contribution in [0.2, 0.25) is 0 Å². The van der Waals surface area contributed by atoms with Crippen molar-refractivity contribution in [1.82, 2.24) is 15.0 Å². The van der Waals surface area contributed by atoms with Gasteiger partial charge in [0.1, 0.15) is 5.69 Å². The molecule has 1 aliphatic heterocycles. The van der Waals surface area contributed by atoms with Crippen molar-refractivity contribution in [2.45, 2.75) is 13.5 Å².